The summed E-state index contributed by atoms with van der Waals surface area (Å²) in [5, 5.41) is 16.1. The Bertz CT molecular complexity index is 545. The number of nitrogens with zero attached hydrogens (tertiary/aromatic N) is 4. The van der Waals surface area contributed by atoms with Gasteiger partial charge in [0.1, 0.15) is 0 Å². The van der Waals surface area contributed by atoms with E-state index in [9.17, 15) is 0 Å². The van der Waals surface area contributed by atoms with Gasteiger partial charge in [0.2, 0.25) is 0 Å². The van der Waals surface area contributed by atoms with Crippen LogP contribution in [-0.4, -0.2) is 26.9 Å². The van der Waals surface area contributed by atoms with Gasteiger partial charge in [-0.25, -0.2) is 0 Å². The van der Waals surface area contributed by atoms with Crippen LogP contribution in [0.5, 0.6) is 0 Å². The number of fused-ring (bicyclic) bond motifs is 2. The molecule has 1 aliphatic carbocycles. The van der Waals surface area contributed by atoms with Gasteiger partial charge in [-0.2, -0.15) is 9.61 Å². The van der Waals surface area contributed by atoms with Crippen molar-refractivity contribution >= 4 is 5.65 Å². The van der Waals surface area contributed by atoms with Crippen LogP contribution >= 0.6 is 0 Å². The van der Waals surface area contributed by atoms with Crippen LogP contribution in [0.2, 0.25) is 0 Å². The zero-order valence-corrected chi connectivity index (χ0v) is 10.3. The second kappa shape index (κ2) is 4.07. The minimum absolute atomic E-state index is 0.698. The number of aromatic nitrogens is 4. The lowest BCUT2D eigenvalue weighted by Crippen LogP contribution is -2.16. The van der Waals surface area contributed by atoms with Crippen LogP contribution in [0.15, 0.2) is 6.07 Å². The molecule has 0 saturated heterocycles. The molecule has 0 aliphatic heterocycles. The molecule has 1 N–H and O–H groups in total. The van der Waals surface area contributed by atoms with Gasteiger partial charge in [0.15, 0.2) is 11.5 Å². The Balaban J connectivity index is 2.10. The summed E-state index contributed by atoms with van der Waals surface area (Å²) >= 11 is 0. The number of nitrogens with one attached hydrogen (secondary N) is 1. The lowest BCUT2D eigenvalue weighted by atomic mass is 9.88. The summed E-state index contributed by atoms with van der Waals surface area (Å²) in [5.41, 5.74) is 3.43. The van der Waals surface area contributed by atoms with Gasteiger partial charge >= 0.3 is 0 Å². The Morgan fingerprint density at radius 3 is 3.18 bits per heavy atom. The fourth-order valence-electron chi connectivity index (χ4n) is 2.47. The first-order chi connectivity index (χ1) is 8.28. The van der Waals surface area contributed by atoms with Crippen molar-refractivity contribution in [3.05, 3.63) is 23.1 Å². The van der Waals surface area contributed by atoms with Crippen molar-refractivity contribution in [2.45, 2.75) is 32.7 Å². The zero-order valence-electron chi connectivity index (χ0n) is 10.3. The summed E-state index contributed by atoms with van der Waals surface area (Å²) in [7, 11) is 1.90. The van der Waals surface area contributed by atoms with E-state index in [1.165, 1.54) is 17.7 Å². The van der Waals surface area contributed by atoms with E-state index >= 15 is 0 Å². The highest BCUT2D eigenvalue weighted by Crippen LogP contribution is 2.24. The molecule has 5 nitrogen and oxygen atoms in total. The van der Waals surface area contributed by atoms with Crippen LogP contribution in [-0.2, 0) is 19.4 Å². The van der Waals surface area contributed by atoms with Gasteiger partial charge in [-0.15, -0.1) is 10.2 Å². The second-order valence-electron chi connectivity index (χ2n) is 4.88. The Labute approximate surface area is 100 Å². The van der Waals surface area contributed by atoms with E-state index in [1.807, 2.05) is 11.6 Å². The summed E-state index contributed by atoms with van der Waals surface area (Å²) in [6.45, 7) is 2.99. The molecule has 2 aromatic heterocycles. The predicted octanol–water partition coefficient (Wildman–Crippen LogP) is 0.968. The molecule has 1 unspecified atom stereocenters. The van der Waals surface area contributed by atoms with Gasteiger partial charge in [0.05, 0.1) is 12.2 Å². The first-order valence-electron chi connectivity index (χ1n) is 6.15. The minimum Gasteiger partial charge on any atom is -0.313 e. The van der Waals surface area contributed by atoms with Gasteiger partial charge in [0.25, 0.3) is 0 Å². The number of hydrogen-bond donors (Lipinski definition) is 1. The first kappa shape index (κ1) is 10.7. The lowest BCUT2D eigenvalue weighted by molar-refractivity contribution is 0.488. The SMILES string of the molecule is CNCc1nnc2cc3c(nn12)CCC(C)C3. The maximum Gasteiger partial charge on any atom is 0.178 e. The van der Waals surface area contributed by atoms with E-state index in [2.05, 4.69) is 33.6 Å². The van der Waals surface area contributed by atoms with Crippen LogP contribution in [0, 0.1) is 5.92 Å². The van der Waals surface area contributed by atoms with Crippen molar-refractivity contribution in [3.63, 3.8) is 0 Å². The second-order valence-corrected chi connectivity index (χ2v) is 4.88. The average molecular weight is 231 g/mol. The predicted molar refractivity (Wildman–Crippen MR) is 64.7 cm³/mol. The van der Waals surface area contributed by atoms with Crippen molar-refractivity contribution in [2.75, 3.05) is 7.05 Å². The highest BCUT2D eigenvalue weighted by atomic mass is 15.4. The highest BCUT2D eigenvalue weighted by Gasteiger charge is 2.18. The molecule has 0 spiro atoms. The number of hydrogen-bond acceptors (Lipinski definition) is 4. The van der Waals surface area contributed by atoms with Crippen molar-refractivity contribution in [1.82, 2.24) is 25.1 Å². The van der Waals surface area contributed by atoms with Crippen LogP contribution < -0.4 is 5.32 Å². The molecule has 0 fully saturated rings. The van der Waals surface area contributed by atoms with E-state index in [-0.39, 0.29) is 0 Å². The van der Waals surface area contributed by atoms with E-state index in [0.29, 0.717) is 6.54 Å². The normalized spacial score (nSPS) is 19.5. The van der Waals surface area contributed by atoms with Gasteiger partial charge in [-0.1, -0.05) is 6.92 Å². The van der Waals surface area contributed by atoms with Crippen molar-refractivity contribution in [2.24, 2.45) is 5.92 Å². The van der Waals surface area contributed by atoms with Crippen LogP contribution in [0.25, 0.3) is 5.65 Å². The van der Waals surface area contributed by atoms with Crippen molar-refractivity contribution in [1.29, 1.82) is 0 Å². The molecule has 0 amide bonds. The highest BCUT2D eigenvalue weighted by molar-refractivity contribution is 5.42. The van der Waals surface area contributed by atoms with Crippen molar-refractivity contribution in [3.8, 4) is 0 Å². The molecule has 0 aromatic carbocycles. The number of aryl methyl sites for hydroxylation is 1. The standard InChI is InChI=1S/C12H17N5/c1-8-3-4-10-9(5-8)6-11-14-15-12(7-13-2)17(11)16-10/h6,8,13H,3-5,7H2,1-2H3. The quantitative estimate of drug-likeness (QED) is 0.836. The Morgan fingerprint density at radius 1 is 1.47 bits per heavy atom. The molecule has 0 radical (unpaired) electrons. The van der Waals surface area contributed by atoms with E-state index in [4.69, 9.17) is 0 Å². The Hall–Kier alpha value is -1.49. The molecule has 2 aromatic rings. The Kier molecular flexibility index (Phi) is 2.55. The Morgan fingerprint density at radius 2 is 2.35 bits per heavy atom. The molecule has 1 aliphatic rings. The third kappa shape index (κ3) is 1.80. The van der Waals surface area contributed by atoms with Gasteiger partial charge in [0, 0.05) is 0 Å². The summed E-state index contributed by atoms with van der Waals surface area (Å²) in [6.07, 6.45) is 3.42. The summed E-state index contributed by atoms with van der Waals surface area (Å²) in [6, 6.07) is 2.14. The third-order valence-corrected chi connectivity index (χ3v) is 3.40. The van der Waals surface area contributed by atoms with E-state index < -0.39 is 0 Å². The summed E-state index contributed by atoms with van der Waals surface area (Å²) < 4.78 is 1.87. The maximum absolute atomic E-state index is 4.68. The fraction of sp³-hybridized carbons (Fsp3) is 0.583. The van der Waals surface area contributed by atoms with Crippen LogP contribution in [0.3, 0.4) is 0 Å². The first-order valence-corrected chi connectivity index (χ1v) is 6.15. The van der Waals surface area contributed by atoms with Crippen molar-refractivity contribution < 1.29 is 0 Å². The molecule has 90 valence electrons. The summed E-state index contributed by atoms with van der Waals surface area (Å²) in [5.74, 6) is 1.63. The average Bonchev–Trinajstić information content (AvgIpc) is 2.70. The topological polar surface area (TPSA) is 55.1 Å². The molecule has 0 saturated carbocycles. The zero-order chi connectivity index (χ0) is 11.8. The van der Waals surface area contributed by atoms with Crippen LogP contribution in [0.1, 0.15) is 30.4 Å². The molecule has 3 rings (SSSR count). The molecular formula is C12H17N5. The maximum atomic E-state index is 4.68. The number of rotatable bonds is 2. The molecule has 2 heterocycles. The fourth-order valence-corrected chi connectivity index (χ4v) is 2.47. The monoisotopic (exact) mass is 231 g/mol. The van der Waals surface area contributed by atoms with Gasteiger partial charge < -0.3 is 5.32 Å². The molecule has 5 heteroatoms. The largest absolute Gasteiger partial charge is 0.313 e. The van der Waals surface area contributed by atoms with Gasteiger partial charge in [-0.3, -0.25) is 0 Å². The van der Waals surface area contributed by atoms with Crippen LogP contribution in [0.4, 0.5) is 0 Å². The summed E-state index contributed by atoms with van der Waals surface area (Å²) in [4.78, 5) is 0. The minimum atomic E-state index is 0.698. The third-order valence-electron chi connectivity index (χ3n) is 3.40. The van der Waals surface area contributed by atoms with Gasteiger partial charge in [-0.05, 0) is 43.9 Å². The molecular weight excluding hydrogens is 214 g/mol. The molecule has 0 bridgehead atoms. The lowest BCUT2D eigenvalue weighted by Gasteiger charge is -2.20. The van der Waals surface area contributed by atoms with E-state index in [1.54, 1.807) is 0 Å². The smallest absolute Gasteiger partial charge is 0.178 e. The van der Waals surface area contributed by atoms with E-state index in [0.717, 1.165) is 30.2 Å². The molecule has 17 heavy (non-hydrogen) atoms. The molecule has 1 atom stereocenters.